The molecule has 2 aromatic heterocycles. The summed E-state index contributed by atoms with van der Waals surface area (Å²) in [4.78, 5) is 26.4. The van der Waals surface area contributed by atoms with Crippen LogP contribution in [0.25, 0.3) is 33.7 Å². The number of carbonyl (C=O) groups is 1. The number of nitro groups is 1. The van der Waals surface area contributed by atoms with Crippen LogP contribution in [0.2, 0.25) is 5.02 Å². The summed E-state index contributed by atoms with van der Waals surface area (Å²) in [6, 6.07) is 9.52. The van der Waals surface area contributed by atoms with Crippen molar-refractivity contribution in [2.45, 2.75) is 39.4 Å². The summed E-state index contributed by atoms with van der Waals surface area (Å²) in [6.07, 6.45) is 2.18. The van der Waals surface area contributed by atoms with Gasteiger partial charge in [0.25, 0.3) is 11.6 Å². The van der Waals surface area contributed by atoms with Gasteiger partial charge >= 0.3 is 0 Å². The topological polar surface area (TPSA) is 104 Å². The third-order valence-corrected chi connectivity index (χ3v) is 5.60. The Morgan fingerprint density at radius 3 is 2.64 bits per heavy atom. The number of Topliss-reactive ketones (excluding diaryl/α,β-unsaturated/α-hetero) is 1. The van der Waals surface area contributed by atoms with Gasteiger partial charge < -0.3 is 9.09 Å². The first-order chi connectivity index (χ1) is 15.5. The number of benzene rings is 2. The predicted molar refractivity (Wildman–Crippen MR) is 122 cm³/mol. The van der Waals surface area contributed by atoms with Gasteiger partial charge in [0.05, 0.1) is 15.5 Å². The molecule has 8 nitrogen and oxygen atoms in total. The summed E-state index contributed by atoms with van der Waals surface area (Å²) < 4.78 is 21.9. The van der Waals surface area contributed by atoms with Crippen molar-refractivity contribution in [3.63, 3.8) is 0 Å². The van der Waals surface area contributed by atoms with Gasteiger partial charge in [-0.3, -0.25) is 14.9 Å². The van der Waals surface area contributed by atoms with Gasteiger partial charge in [-0.2, -0.15) is 4.98 Å². The fourth-order valence-corrected chi connectivity index (χ4v) is 3.89. The number of ketones is 1. The number of hydrogen-bond donors (Lipinski definition) is 0. The smallest absolute Gasteiger partial charge is 0.275 e. The first-order valence-electron chi connectivity index (χ1n) is 10.1. The van der Waals surface area contributed by atoms with Gasteiger partial charge in [0.1, 0.15) is 11.5 Å². The lowest BCUT2D eigenvalue weighted by Crippen LogP contribution is -2.12. The maximum Gasteiger partial charge on any atom is 0.275 e. The number of alkyl halides is 1. The molecule has 4 rings (SSSR count). The maximum absolute atomic E-state index is 14.6. The lowest BCUT2D eigenvalue weighted by Gasteiger charge is -2.15. The van der Waals surface area contributed by atoms with Crippen molar-refractivity contribution in [1.82, 2.24) is 14.7 Å². The number of carbonyl (C=O) groups excluding carboxylic acids is 1. The Balaban J connectivity index is 1.69. The number of aryl methyl sites for hydroxylation is 1. The monoisotopic (exact) mass is 470 g/mol. The van der Waals surface area contributed by atoms with Gasteiger partial charge in [0.2, 0.25) is 5.82 Å². The zero-order valence-corrected chi connectivity index (χ0v) is 18.9. The SMILES string of the molecule is CC(=O)CCn1cc(Cl)c2cc(-c3noc(-c4ccc([N+](=O)[O-])c(C(C)(C)F)c4)n3)ccc21. The van der Waals surface area contributed by atoms with Gasteiger partial charge in [-0.05, 0) is 51.1 Å². The van der Waals surface area contributed by atoms with E-state index in [1.54, 1.807) is 13.1 Å². The maximum atomic E-state index is 14.6. The minimum Gasteiger partial charge on any atom is -0.345 e. The second-order valence-electron chi connectivity index (χ2n) is 8.24. The van der Waals surface area contributed by atoms with Crippen LogP contribution in [0.1, 0.15) is 32.8 Å². The molecular formula is C23H20ClFN4O4. The Hall–Kier alpha value is -3.59. The molecule has 0 aliphatic rings. The average Bonchev–Trinajstić information content (AvgIpc) is 3.36. The van der Waals surface area contributed by atoms with E-state index in [-0.39, 0.29) is 22.9 Å². The largest absolute Gasteiger partial charge is 0.345 e. The molecule has 0 aliphatic carbocycles. The van der Waals surface area contributed by atoms with E-state index in [0.29, 0.717) is 34.9 Å². The number of halogens is 2. The molecule has 0 unspecified atom stereocenters. The highest BCUT2D eigenvalue weighted by molar-refractivity contribution is 6.35. The molecule has 0 radical (unpaired) electrons. The third-order valence-electron chi connectivity index (χ3n) is 5.30. The van der Waals surface area contributed by atoms with E-state index >= 15 is 0 Å². The Labute approximate surface area is 193 Å². The van der Waals surface area contributed by atoms with Crippen molar-refractivity contribution < 1.29 is 18.6 Å². The molecule has 0 amide bonds. The molecule has 4 aromatic rings. The minimum absolute atomic E-state index is 0.0788. The standard InChI is InChI=1S/C23H20ClFN4O4/c1-13(30)8-9-28-12-18(24)16-10-14(4-6-19(16)28)21-26-22(33-27-21)15-5-7-20(29(31)32)17(11-15)23(2,3)25/h4-7,10-12H,8-9H2,1-3H3. The number of fused-ring (bicyclic) bond motifs is 1. The van der Waals surface area contributed by atoms with Gasteiger partial charge in [-0.15, -0.1) is 0 Å². The van der Waals surface area contributed by atoms with Crippen molar-refractivity contribution in [3.8, 4) is 22.8 Å². The summed E-state index contributed by atoms with van der Waals surface area (Å²) in [5.74, 6) is 0.490. The molecular weight excluding hydrogens is 451 g/mol. The first-order valence-corrected chi connectivity index (χ1v) is 10.5. The van der Waals surface area contributed by atoms with Gasteiger partial charge in [0, 0.05) is 47.3 Å². The van der Waals surface area contributed by atoms with E-state index < -0.39 is 10.6 Å². The van der Waals surface area contributed by atoms with Crippen LogP contribution in [0, 0.1) is 10.1 Å². The van der Waals surface area contributed by atoms with E-state index in [4.69, 9.17) is 16.1 Å². The highest BCUT2D eigenvalue weighted by atomic mass is 35.5. The summed E-state index contributed by atoms with van der Waals surface area (Å²) in [5.41, 5.74) is -0.436. The molecule has 2 heterocycles. The Bertz CT molecular complexity index is 1390. The molecule has 0 saturated carbocycles. The first kappa shape index (κ1) is 22.6. The molecule has 2 aromatic carbocycles. The van der Waals surface area contributed by atoms with E-state index in [2.05, 4.69) is 10.1 Å². The molecule has 0 spiro atoms. The number of aromatic nitrogens is 3. The Morgan fingerprint density at radius 2 is 1.97 bits per heavy atom. The van der Waals surface area contributed by atoms with Gasteiger partial charge in [-0.25, -0.2) is 4.39 Å². The highest BCUT2D eigenvalue weighted by Crippen LogP contribution is 2.36. The predicted octanol–water partition coefficient (Wildman–Crippen LogP) is 6.10. The van der Waals surface area contributed by atoms with Crippen LogP contribution < -0.4 is 0 Å². The van der Waals surface area contributed by atoms with Crippen molar-refractivity contribution in [2.75, 3.05) is 0 Å². The zero-order chi connectivity index (χ0) is 23.9. The van der Waals surface area contributed by atoms with Crippen molar-refractivity contribution in [3.05, 3.63) is 63.3 Å². The molecule has 0 atom stereocenters. The molecule has 0 bridgehead atoms. The van der Waals surface area contributed by atoms with Crippen molar-refractivity contribution >= 4 is 34.0 Å². The molecule has 10 heteroatoms. The molecule has 0 N–H and O–H groups in total. The van der Waals surface area contributed by atoms with Gasteiger partial charge in [-0.1, -0.05) is 16.8 Å². The second-order valence-corrected chi connectivity index (χ2v) is 8.65. The third kappa shape index (κ3) is 4.49. The number of nitrogens with zero attached hydrogens (tertiary/aromatic N) is 4. The molecule has 33 heavy (non-hydrogen) atoms. The Kier molecular flexibility index (Phi) is 5.75. The van der Waals surface area contributed by atoms with Crippen LogP contribution >= 0.6 is 11.6 Å². The van der Waals surface area contributed by atoms with Gasteiger partial charge in [0.15, 0.2) is 0 Å². The summed E-state index contributed by atoms with van der Waals surface area (Å²) >= 11 is 6.39. The fraction of sp³-hybridized carbons (Fsp3) is 0.261. The molecule has 170 valence electrons. The quantitative estimate of drug-likeness (QED) is 0.238. The van der Waals surface area contributed by atoms with Crippen molar-refractivity contribution in [2.24, 2.45) is 0 Å². The van der Waals surface area contributed by atoms with Crippen LogP contribution in [0.4, 0.5) is 10.1 Å². The van der Waals surface area contributed by atoms with E-state index in [9.17, 15) is 19.3 Å². The number of hydrogen-bond acceptors (Lipinski definition) is 6. The normalized spacial score (nSPS) is 11.8. The highest BCUT2D eigenvalue weighted by Gasteiger charge is 2.29. The van der Waals surface area contributed by atoms with Crippen molar-refractivity contribution in [1.29, 1.82) is 0 Å². The fourth-order valence-electron chi connectivity index (χ4n) is 3.62. The number of rotatable bonds is 7. The lowest BCUT2D eigenvalue weighted by atomic mass is 9.96. The molecule has 0 aliphatic heterocycles. The van der Waals surface area contributed by atoms with Crippen LogP contribution in [-0.2, 0) is 17.0 Å². The van der Waals surface area contributed by atoms with E-state index in [1.807, 2.05) is 22.8 Å². The molecule has 0 fully saturated rings. The minimum atomic E-state index is -1.93. The van der Waals surface area contributed by atoms with Crippen LogP contribution in [0.3, 0.4) is 0 Å². The average molecular weight is 471 g/mol. The van der Waals surface area contributed by atoms with E-state index in [1.165, 1.54) is 32.0 Å². The van der Waals surface area contributed by atoms with Crippen LogP contribution in [0.5, 0.6) is 0 Å². The summed E-state index contributed by atoms with van der Waals surface area (Å²) in [6.45, 7) is 4.57. The van der Waals surface area contributed by atoms with Crippen LogP contribution in [-0.4, -0.2) is 25.4 Å². The molecule has 0 saturated heterocycles. The number of nitro benzene ring substituents is 1. The lowest BCUT2D eigenvalue weighted by molar-refractivity contribution is -0.386. The summed E-state index contributed by atoms with van der Waals surface area (Å²) in [5, 5.41) is 16.6. The summed E-state index contributed by atoms with van der Waals surface area (Å²) in [7, 11) is 0. The Morgan fingerprint density at radius 1 is 1.24 bits per heavy atom. The van der Waals surface area contributed by atoms with E-state index in [0.717, 1.165) is 10.9 Å². The van der Waals surface area contributed by atoms with Crippen LogP contribution in [0.15, 0.2) is 47.1 Å². The second kappa shape index (κ2) is 8.40. The zero-order valence-electron chi connectivity index (χ0n) is 18.1.